The molecule has 0 aliphatic carbocycles. The van der Waals surface area contributed by atoms with Crippen LogP contribution in [0.15, 0.2) is 54.6 Å². The maximum absolute atomic E-state index is 12.8. The number of ether oxygens (including phenoxy) is 1. The van der Waals surface area contributed by atoms with Gasteiger partial charge in [0.2, 0.25) is 0 Å². The molecule has 0 amide bonds. The molecule has 0 radical (unpaired) electrons. The van der Waals surface area contributed by atoms with E-state index in [1.807, 2.05) is 54.6 Å². The summed E-state index contributed by atoms with van der Waals surface area (Å²) in [6, 6.07) is 17.2. The second-order valence-corrected chi connectivity index (χ2v) is 13.5. The van der Waals surface area contributed by atoms with Crippen molar-refractivity contribution in [2.24, 2.45) is 0 Å². The van der Waals surface area contributed by atoms with Crippen molar-refractivity contribution in [1.29, 1.82) is 0 Å². The summed E-state index contributed by atoms with van der Waals surface area (Å²) in [5.41, 5.74) is 1.80. The van der Waals surface area contributed by atoms with E-state index in [0.29, 0.717) is 5.02 Å². The molecule has 0 aliphatic heterocycles. The number of halogens is 1. The Kier molecular flexibility index (Phi) is 6.90. The molecular weight excluding hydrogens is 376 g/mol. The third-order valence-corrected chi connectivity index (χ3v) is 10.1. The zero-order chi connectivity index (χ0) is 20.2. The molecular formula is C22H29ClO3Si. The molecule has 2 rings (SSSR count). The Bertz CT molecular complexity index is 751. The normalized spacial score (nSPS) is 14.5. The third kappa shape index (κ3) is 5.22. The van der Waals surface area contributed by atoms with Crippen molar-refractivity contribution < 1.29 is 14.0 Å². The molecule has 2 aromatic rings. The SMILES string of the molecule is COC(=O)[C@H](c1ccccc1)[C@@H](O[Si](C)(C)C(C)(C)C)c1ccc(Cl)cc1. The summed E-state index contributed by atoms with van der Waals surface area (Å²) >= 11 is 6.08. The second kappa shape index (κ2) is 8.59. The van der Waals surface area contributed by atoms with E-state index < -0.39 is 20.3 Å². The Balaban J connectivity index is 2.58. The van der Waals surface area contributed by atoms with Crippen LogP contribution in [0.2, 0.25) is 23.2 Å². The maximum Gasteiger partial charge on any atom is 0.316 e. The molecule has 0 spiro atoms. The predicted molar refractivity (Wildman–Crippen MR) is 114 cm³/mol. The van der Waals surface area contributed by atoms with Crippen molar-refractivity contribution >= 4 is 25.9 Å². The summed E-state index contributed by atoms with van der Waals surface area (Å²) in [4.78, 5) is 12.8. The van der Waals surface area contributed by atoms with Gasteiger partial charge in [0.05, 0.1) is 13.2 Å². The first-order valence-corrected chi connectivity index (χ1v) is 12.4. The highest BCUT2D eigenvalue weighted by atomic mass is 35.5. The van der Waals surface area contributed by atoms with Gasteiger partial charge in [-0.3, -0.25) is 4.79 Å². The van der Waals surface area contributed by atoms with Crippen LogP contribution >= 0.6 is 11.6 Å². The quantitative estimate of drug-likeness (QED) is 0.415. The van der Waals surface area contributed by atoms with Gasteiger partial charge < -0.3 is 9.16 Å². The van der Waals surface area contributed by atoms with Gasteiger partial charge in [0.25, 0.3) is 0 Å². The zero-order valence-electron chi connectivity index (χ0n) is 17.0. The molecule has 146 valence electrons. The average molecular weight is 405 g/mol. The molecule has 0 aromatic heterocycles. The lowest BCUT2D eigenvalue weighted by Crippen LogP contribution is -2.43. The molecule has 0 saturated heterocycles. The van der Waals surface area contributed by atoms with Crippen molar-refractivity contribution in [2.75, 3.05) is 7.11 Å². The number of rotatable bonds is 6. The molecule has 0 fully saturated rings. The van der Waals surface area contributed by atoms with Crippen molar-refractivity contribution in [3.8, 4) is 0 Å². The van der Waals surface area contributed by atoms with Gasteiger partial charge in [-0.05, 0) is 41.4 Å². The van der Waals surface area contributed by atoms with Crippen LogP contribution in [0.5, 0.6) is 0 Å². The zero-order valence-corrected chi connectivity index (χ0v) is 18.7. The molecule has 3 nitrogen and oxygen atoms in total. The summed E-state index contributed by atoms with van der Waals surface area (Å²) < 4.78 is 11.9. The van der Waals surface area contributed by atoms with Crippen LogP contribution in [0.1, 0.15) is 43.9 Å². The second-order valence-electron chi connectivity index (χ2n) is 8.26. The van der Waals surface area contributed by atoms with Gasteiger partial charge in [-0.2, -0.15) is 0 Å². The summed E-state index contributed by atoms with van der Waals surface area (Å²) in [5.74, 6) is -0.855. The van der Waals surface area contributed by atoms with Crippen molar-refractivity contribution in [3.63, 3.8) is 0 Å². The fourth-order valence-electron chi connectivity index (χ4n) is 2.70. The van der Waals surface area contributed by atoms with Gasteiger partial charge in [0.1, 0.15) is 5.92 Å². The molecule has 27 heavy (non-hydrogen) atoms. The predicted octanol–water partition coefficient (Wildman–Crippen LogP) is 6.36. The molecule has 0 heterocycles. The van der Waals surface area contributed by atoms with Crippen LogP contribution in [0, 0.1) is 0 Å². The molecule has 0 bridgehead atoms. The largest absolute Gasteiger partial charge is 0.468 e. The van der Waals surface area contributed by atoms with Gasteiger partial charge in [-0.1, -0.05) is 74.8 Å². The van der Waals surface area contributed by atoms with Gasteiger partial charge in [0.15, 0.2) is 8.32 Å². The van der Waals surface area contributed by atoms with Crippen LogP contribution < -0.4 is 0 Å². The summed E-state index contributed by atoms with van der Waals surface area (Å²) in [5, 5.41) is 0.661. The molecule has 0 N–H and O–H groups in total. The monoisotopic (exact) mass is 404 g/mol. The van der Waals surface area contributed by atoms with Crippen LogP contribution in [0.4, 0.5) is 0 Å². The third-order valence-electron chi connectivity index (χ3n) is 5.34. The number of carbonyl (C=O) groups is 1. The number of esters is 1. The average Bonchev–Trinajstić information content (AvgIpc) is 2.61. The highest BCUT2D eigenvalue weighted by Crippen LogP contribution is 2.44. The van der Waals surface area contributed by atoms with E-state index in [0.717, 1.165) is 11.1 Å². The fourth-order valence-corrected chi connectivity index (χ4v) is 4.08. The minimum Gasteiger partial charge on any atom is -0.468 e. The van der Waals surface area contributed by atoms with Crippen LogP contribution in [0.3, 0.4) is 0 Å². The number of methoxy groups -OCH3 is 1. The Morgan fingerprint density at radius 2 is 1.52 bits per heavy atom. The molecule has 0 unspecified atom stereocenters. The molecule has 0 saturated carbocycles. The van der Waals surface area contributed by atoms with E-state index >= 15 is 0 Å². The lowest BCUT2D eigenvalue weighted by Gasteiger charge is -2.41. The first-order valence-electron chi connectivity index (χ1n) is 9.13. The van der Waals surface area contributed by atoms with Crippen molar-refractivity contribution in [3.05, 3.63) is 70.7 Å². The minimum absolute atomic E-state index is 0.00896. The number of benzene rings is 2. The molecule has 2 aromatic carbocycles. The highest BCUT2D eigenvalue weighted by Gasteiger charge is 2.43. The van der Waals surface area contributed by atoms with Gasteiger partial charge in [0, 0.05) is 5.02 Å². The van der Waals surface area contributed by atoms with Crippen molar-refractivity contribution in [1.82, 2.24) is 0 Å². The van der Waals surface area contributed by atoms with E-state index in [9.17, 15) is 4.79 Å². The maximum atomic E-state index is 12.8. The smallest absolute Gasteiger partial charge is 0.316 e. The van der Waals surface area contributed by atoms with Crippen LogP contribution in [-0.2, 0) is 14.0 Å². The Morgan fingerprint density at radius 1 is 0.963 bits per heavy atom. The Hall–Kier alpha value is -1.62. The van der Waals surface area contributed by atoms with E-state index in [2.05, 4.69) is 33.9 Å². The van der Waals surface area contributed by atoms with Crippen LogP contribution in [0.25, 0.3) is 0 Å². The van der Waals surface area contributed by atoms with E-state index in [1.54, 1.807) is 0 Å². The number of carbonyl (C=O) groups excluding carboxylic acids is 1. The van der Waals surface area contributed by atoms with Gasteiger partial charge >= 0.3 is 5.97 Å². The summed E-state index contributed by atoms with van der Waals surface area (Å²) in [6.07, 6.45) is -0.446. The minimum atomic E-state index is -2.16. The lowest BCUT2D eigenvalue weighted by atomic mass is 9.89. The Labute approximate surface area is 168 Å². The molecule has 0 aliphatic rings. The Morgan fingerprint density at radius 3 is 2.00 bits per heavy atom. The van der Waals surface area contributed by atoms with Crippen molar-refractivity contribution in [2.45, 2.75) is 50.9 Å². The van der Waals surface area contributed by atoms with Gasteiger partial charge in [-0.25, -0.2) is 0 Å². The first-order chi connectivity index (χ1) is 12.6. The van der Waals surface area contributed by atoms with E-state index in [4.69, 9.17) is 20.8 Å². The molecule has 5 heteroatoms. The van der Waals surface area contributed by atoms with Crippen LogP contribution in [-0.4, -0.2) is 21.4 Å². The fraction of sp³-hybridized carbons (Fsp3) is 0.409. The summed E-state index contributed by atoms with van der Waals surface area (Å²) in [6.45, 7) is 10.9. The van der Waals surface area contributed by atoms with Gasteiger partial charge in [-0.15, -0.1) is 0 Å². The number of hydrogen-bond donors (Lipinski definition) is 0. The topological polar surface area (TPSA) is 35.5 Å². The number of hydrogen-bond acceptors (Lipinski definition) is 3. The molecule has 2 atom stereocenters. The first kappa shape index (κ1) is 21.7. The lowest BCUT2D eigenvalue weighted by molar-refractivity contribution is -0.145. The van der Waals surface area contributed by atoms with E-state index in [-0.39, 0.29) is 11.0 Å². The standard InChI is InChI=1S/C22H29ClO3Si/c1-22(2,3)27(5,6)26-20(17-12-14-18(23)15-13-17)19(21(24)25-4)16-10-8-7-9-11-16/h7-15,19-20H,1-6H3/t19-,20+/m1/s1. The summed E-state index contributed by atoms with van der Waals surface area (Å²) in [7, 11) is -0.739. The highest BCUT2D eigenvalue weighted by molar-refractivity contribution is 6.74. The van der Waals surface area contributed by atoms with E-state index in [1.165, 1.54) is 7.11 Å².